The van der Waals surface area contributed by atoms with E-state index in [1.807, 2.05) is 38.1 Å². The summed E-state index contributed by atoms with van der Waals surface area (Å²) in [7, 11) is 0. The van der Waals surface area contributed by atoms with Crippen molar-refractivity contribution < 1.29 is 4.79 Å². The van der Waals surface area contributed by atoms with E-state index in [4.69, 9.17) is 5.73 Å². The number of hydrogen-bond donors (Lipinski definition) is 2. The van der Waals surface area contributed by atoms with E-state index in [-0.39, 0.29) is 11.9 Å². The van der Waals surface area contributed by atoms with Crippen LogP contribution in [0.25, 0.3) is 0 Å². The zero-order valence-electron chi connectivity index (χ0n) is 11.8. The van der Waals surface area contributed by atoms with Crippen molar-refractivity contribution in [1.29, 1.82) is 0 Å². The highest BCUT2D eigenvalue weighted by atomic mass is 16.1. The van der Waals surface area contributed by atoms with Gasteiger partial charge in [-0.3, -0.25) is 9.78 Å². The number of hydrogen-bond acceptors (Lipinski definition) is 3. The minimum atomic E-state index is -0.116. The fraction of sp³-hybridized carbons (Fsp3) is 0.250. The predicted molar refractivity (Wildman–Crippen MR) is 79.2 cm³/mol. The van der Waals surface area contributed by atoms with E-state index in [1.54, 1.807) is 18.3 Å². The second-order valence-electron chi connectivity index (χ2n) is 4.85. The summed E-state index contributed by atoms with van der Waals surface area (Å²) in [6.07, 6.45) is 1.60. The molecular formula is C16H19N3O. The molecule has 3 N–H and O–H groups in total. The summed E-state index contributed by atoms with van der Waals surface area (Å²) >= 11 is 0. The average molecular weight is 269 g/mol. The highest BCUT2D eigenvalue weighted by molar-refractivity contribution is 5.94. The van der Waals surface area contributed by atoms with Crippen LogP contribution >= 0.6 is 0 Å². The molecule has 0 aliphatic carbocycles. The molecule has 2 aromatic rings. The van der Waals surface area contributed by atoms with Crippen molar-refractivity contribution in [2.24, 2.45) is 5.73 Å². The van der Waals surface area contributed by atoms with Gasteiger partial charge in [-0.05, 0) is 31.5 Å². The van der Waals surface area contributed by atoms with Crippen LogP contribution in [0.5, 0.6) is 0 Å². The minimum Gasteiger partial charge on any atom is -0.346 e. The van der Waals surface area contributed by atoms with Gasteiger partial charge in [-0.15, -0.1) is 0 Å². The molecule has 1 atom stereocenters. The second kappa shape index (κ2) is 6.30. The van der Waals surface area contributed by atoms with Crippen LogP contribution in [0.2, 0.25) is 0 Å². The standard InChI is InChI=1S/C16H19N3O/c1-11-3-5-13(6-4-11)12(2)19-16(20)14-7-8-18-15(9-14)10-17/h3-9,12H,10,17H2,1-2H3,(H,19,20)/t12-/m1/s1. The molecule has 1 aromatic heterocycles. The zero-order chi connectivity index (χ0) is 14.5. The minimum absolute atomic E-state index is 0.0439. The van der Waals surface area contributed by atoms with E-state index >= 15 is 0 Å². The van der Waals surface area contributed by atoms with Crippen LogP contribution < -0.4 is 11.1 Å². The van der Waals surface area contributed by atoms with Gasteiger partial charge in [-0.25, -0.2) is 0 Å². The largest absolute Gasteiger partial charge is 0.346 e. The topological polar surface area (TPSA) is 68.0 Å². The first-order chi connectivity index (χ1) is 9.60. The van der Waals surface area contributed by atoms with Crippen LogP contribution in [0.3, 0.4) is 0 Å². The van der Waals surface area contributed by atoms with Crippen LogP contribution in [0.4, 0.5) is 0 Å². The SMILES string of the molecule is Cc1ccc([C@@H](C)NC(=O)c2ccnc(CN)c2)cc1. The number of nitrogens with zero attached hydrogens (tertiary/aromatic N) is 1. The first kappa shape index (κ1) is 14.2. The number of aryl methyl sites for hydroxylation is 1. The van der Waals surface area contributed by atoms with E-state index in [9.17, 15) is 4.79 Å². The van der Waals surface area contributed by atoms with Crippen molar-refractivity contribution in [1.82, 2.24) is 10.3 Å². The number of aromatic nitrogens is 1. The monoisotopic (exact) mass is 269 g/mol. The molecule has 0 fully saturated rings. The molecule has 1 heterocycles. The maximum Gasteiger partial charge on any atom is 0.251 e. The van der Waals surface area contributed by atoms with E-state index < -0.39 is 0 Å². The van der Waals surface area contributed by atoms with Crippen molar-refractivity contribution in [3.8, 4) is 0 Å². The van der Waals surface area contributed by atoms with E-state index in [0.29, 0.717) is 17.8 Å². The second-order valence-corrected chi connectivity index (χ2v) is 4.85. The molecule has 0 radical (unpaired) electrons. The molecule has 0 unspecified atom stereocenters. The summed E-state index contributed by atoms with van der Waals surface area (Å²) in [6.45, 7) is 4.33. The molecule has 0 aliphatic heterocycles. The number of benzene rings is 1. The zero-order valence-corrected chi connectivity index (χ0v) is 11.8. The Morgan fingerprint density at radius 3 is 2.65 bits per heavy atom. The summed E-state index contributed by atoms with van der Waals surface area (Å²) in [5.74, 6) is -0.116. The van der Waals surface area contributed by atoms with Crippen molar-refractivity contribution in [3.63, 3.8) is 0 Å². The molecule has 104 valence electrons. The molecule has 20 heavy (non-hydrogen) atoms. The van der Waals surface area contributed by atoms with Crippen molar-refractivity contribution in [2.45, 2.75) is 26.4 Å². The Morgan fingerprint density at radius 1 is 1.30 bits per heavy atom. The summed E-state index contributed by atoms with van der Waals surface area (Å²) in [4.78, 5) is 16.3. The molecule has 0 bridgehead atoms. The first-order valence-corrected chi connectivity index (χ1v) is 6.62. The third kappa shape index (κ3) is 3.42. The van der Waals surface area contributed by atoms with Crippen molar-refractivity contribution in [3.05, 3.63) is 65.0 Å². The van der Waals surface area contributed by atoms with E-state index in [0.717, 1.165) is 5.56 Å². The van der Waals surface area contributed by atoms with E-state index in [1.165, 1.54) is 5.56 Å². The number of carbonyl (C=O) groups is 1. The summed E-state index contributed by atoms with van der Waals surface area (Å²) in [5.41, 5.74) is 9.11. The third-order valence-corrected chi connectivity index (χ3v) is 3.21. The fourth-order valence-electron chi connectivity index (χ4n) is 1.95. The van der Waals surface area contributed by atoms with Gasteiger partial charge < -0.3 is 11.1 Å². The Kier molecular flexibility index (Phi) is 4.48. The van der Waals surface area contributed by atoms with Crippen LogP contribution in [0.15, 0.2) is 42.6 Å². The molecule has 1 aromatic carbocycles. The van der Waals surface area contributed by atoms with Gasteiger partial charge in [0.1, 0.15) is 0 Å². The average Bonchev–Trinajstić information content (AvgIpc) is 2.47. The molecule has 4 nitrogen and oxygen atoms in total. The lowest BCUT2D eigenvalue weighted by molar-refractivity contribution is 0.0939. The maximum atomic E-state index is 12.2. The molecule has 4 heteroatoms. The van der Waals surface area contributed by atoms with Crippen molar-refractivity contribution in [2.75, 3.05) is 0 Å². The van der Waals surface area contributed by atoms with Gasteiger partial charge in [0.25, 0.3) is 5.91 Å². The maximum absolute atomic E-state index is 12.2. The summed E-state index contributed by atoms with van der Waals surface area (Å²) in [5, 5.41) is 2.98. The van der Waals surface area contributed by atoms with Crippen LogP contribution in [0.1, 0.15) is 40.1 Å². The molecular weight excluding hydrogens is 250 g/mol. The summed E-state index contributed by atoms with van der Waals surface area (Å²) in [6, 6.07) is 11.5. The number of carbonyl (C=O) groups excluding carboxylic acids is 1. The number of amides is 1. The number of nitrogens with two attached hydrogens (primary N) is 1. The highest BCUT2D eigenvalue weighted by Crippen LogP contribution is 2.14. The predicted octanol–water partition coefficient (Wildman–Crippen LogP) is 2.34. The van der Waals surface area contributed by atoms with Gasteiger partial charge >= 0.3 is 0 Å². The fourth-order valence-corrected chi connectivity index (χ4v) is 1.95. The van der Waals surface area contributed by atoms with Gasteiger partial charge in [0.2, 0.25) is 0 Å². The Hall–Kier alpha value is -2.20. The summed E-state index contributed by atoms with van der Waals surface area (Å²) < 4.78 is 0. The van der Waals surface area contributed by atoms with Crippen LogP contribution in [0, 0.1) is 6.92 Å². The van der Waals surface area contributed by atoms with E-state index in [2.05, 4.69) is 10.3 Å². The number of pyridine rings is 1. The highest BCUT2D eigenvalue weighted by Gasteiger charge is 2.11. The smallest absolute Gasteiger partial charge is 0.251 e. The molecule has 2 rings (SSSR count). The van der Waals surface area contributed by atoms with Crippen molar-refractivity contribution >= 4 is 5.91 Å². The molecule has 0 saturated carbocycles. The molecule has 0 aliphatic rings. The Balaban J connectivity index is 2.08. The van der Waals surface area contributed by atoms with Gasteiger partial charge in [0.15, 0.2) is 0 Å². The van der Waals surface area contributed by atoms with Crippen LogP contribution in [-0.2, 0) is 6.54 Å². The quantitative estimate of drug-likeness (QED) is 0.895. The number of rotatable bonds is 4. The Bertz CT molecular complexity index is 593. The first-order valence-electron chi connectivity index (χ1n) is 6.62. The Morgan fingerprint density at radius 2 is 2.00 bits per heavy atom. The van der Waals surface area contributed by atoms with Gasteiger partial charge in [-0.2, -0.15) is 0 Å². The molecule has 0 saturated heterocycles. The third-order valence-electron chi connectivity index (χ3n) is 3.21. The normalized spacial score (nSPS) is 11.9. The van der Waals surface area contributed by atoms with Gasteiger partial charge in [-0.1, -0.05) is 29.8 Å². The van der Waals surface area contributed by atoms with Crippen LogP contribution in [-0.4, -0.2) is 10.9 Å². The molecule has 1 amide bonds. The lowest BCUT2D eigenvalue weighted by Crippen LogP contribution is -2.26. The lowest BCUT2D eigenvalue weighted by atomic mass is 10.1. The Labute approximate surface area is 119 Å². The lowest BCUT2D eigenvalue weighted by Gasteiger charge is -2.15. The molecule has 0 spiro atoms. The number of nitrogens with one attached hydrogen (secondary N) is 1. The van der Waals surface area contributed by atoms with Gasteiger partial charge in [0.05, 0.1) is 11.7 Å². The van der Waals surface area contributed by atoms with Gasteiger partial charge in [0, 0.05) is 18.3 Å².